The Labute approximate surface area is 163 Å². The van der Waals surface area contributed by atoms with E-state index in [1.807, 2.05) is 37.3 Å². The number of aryl methyl sites for hydroxylation is 1. The molecule has 0 radical (unpaired) electrons. The minimum atomic E-state index is -0.462. The van der Waals surface area contributed by atoms with Gasteiger partial charge in [-0.3, -0.25) is 4.79 Å². The van der Waals surface area contributed by atoms with Crippen LogP contribution in [-0.2, 0) is 11.2 Å². The molecule has 28 heavy (non-hydrogen) atoms. The van der Waals surface area contributed by atoms with Gasteiger partial charge in [0, 0.05) is 18.5 Å². The molecule has 0 fully saturated rings. The van der Waals surface area contributed by atoms with Gasteiger partial charge in [-0.25, -0.2) is 9.07 Å². The summed E-state index contributed by atoms with van der Waals surface area (Å²) in [5.74, 6) is -0.0403. The highest BCUT2D eigenvalue weighted by Gasteiger charge is 2.20. The van der Waals surface area contributed by atoms with Gasteiger partial charge in [-0.2, -0.15) is 5.10 Å². The van der Waals surface area contributed by atoms with Crippen molar-refractivity contribution in [3.05, 3.63) is 84.3 Å². The lowest BCUT2D eigenvalue weighted by Gasteiger charge is -2.12. The highest BCUT2D eigenvalue weighted by molar-refractivity contribution is 5.76. The number of aromatic nitrogens is 2. The van der Waals surface area contributed by atoms with Gasteiger partial charge in [0.05, 0.1) is 11.4 Å². The smallest absolute Gasteiger partial charge is 0.226 e. The first kappa shape index (κ1) is 19.4. The van der Waals surface area contributed by atoms with Crippen LogP contribution in [0.25, 0.3) is 5.69 Å². The van der Waals surface area contributed by atoms with Crippen molar-refractivity contribution in [3.8, 4) is 17.3 Å². The summed E-state index contributed by atoms with van der Waals surface area (Å²) in [5, 5.41) is 7.32. The first-order chi connectivity index (χ1) is 13.6. The summed E-state index contributed by atoms with van der Waals surface area (Å²) in [6.07, 6.45) is 2.32. The first-order valence-corrected chi connectivity index (χ1v) is 9.04. The molecule has 2 aromatic carbocycles. The molecule has 0 aliphatic heterocycles. The van der Waals surface area contributed by atoms with Crippen LogP contribution >= 0.6 is 0 Å². The van der Waals surface area contributed by atoms with E-state index >= 15 is 0 Å². The molecule has 1 aromatic heterocycles. The van der Waals surface area contributed by atoms with Crippen molar-refractivity contribution in [1.82, 2.24) is 15.1 Å². The van der Waals surface area contributed by atoms with Gasteiger partial charge in [-0.1, -0.05) is 36.4 Å². The van der Waals surface area contributed by atoms with Gasteiger partial charge >= 0.3 is 0 Å². The van der Waals surface area contributed by atoms with E-state index in [2.05, 4.69) is 17.0 Å². The second-order valence-electron chi connectivity index (χ2n) is 6.24. The largest absolute Gasteiger partial charge is 0.436 e. The Balaban J connectivity index is 1.96. The van der Waals surface area contributed by atoms with Crippen LogP contribution < -0.4 is 10.1 Å². The lowest BCUT2D eigenvalue weighted by molar-refractivity contribution is -0.120. The molecule has 0 aliphatic carbocycles. The van der Waals surface area contributed by atoms with Crippen molar-refractivity contribution < 1.29 is 13.9 Å². The zero-order valence-corrected chi connectivity index (χ0v) is 15.7. The monoisotopic (exact) mass is 379 g/mol. The average Bonchev–Trinajstić information content (AvgIpc) is 3.02. The summed E-state index contributed by atoms with van der Waals surface area (Å²) in [5.41, 5.74) is 2.28. The van der Waals surface area contributed by atoms with Gasteiger partial charge in [0.15, 0.2) is 11.6 Å². The van der Waals surface area contributed by atoms with E-state index in [-0.39, 0.29) is 18.1 Å². The maximum Gasteiger partial charge on any atom is 0.226 e. The maximum atomic E-state index is 14.2. The molecule has 144 valence electrons. The van der Waals surface area contributed by atoms with Crippen molar-refractivity contribution in [2.24, 2.45) is 0 Å². The number of hydrogen-bond donors (Lipinski definition) is 1. The summed E-state index contributed by atoms with van der Waals surface area (Å²) >= 11 is 0. The van der Waals surface area contributed by atoms with Gasteiger partial charge in [-0.05, 0) is 37.6 Å². The number of para-hydroxylation sites is 2. The Hall–Kier alpha value is -3.41. The number of benzene rings is 2. The molecule has 0 bridgehead atoms. The van der Waals surface area contributed by atoms with E-state index in [0.717, 1.165) is 16.9 Å². The normalized spacial score (nSPS) is 10.5. The number of carbonyl (C=O) groups excluding carboxylic acids is 1. The third-order valence-corrected chi connectivity index (χ3v) is 4.23. The highest BCUT2D eigenvalue weighted by Crippen LogP contribution is 2.32. The average molecular weight is 379 g/mol. The van der Waals surface area contributed by atoms with Crippen LogP contribution in [0.5, 0.6) is 11.6 Å². The van der Waals surface area contributed by atoms with Crippen LogP contribution in [0.15, 0.2) is 67.3 Å². The van der Waals surface area contributed by atoms with Gasteiger partial charge in [0.2, 0.25) is 11.8 Å². The van der Waals surface area contributed by atoms with Crippen LogP contribution in [0.3, 0.4) is 0 Å². The van der Waals surface area contributed by atoms with Crippen molar-refractivity contribution >= 4 is 5.91 Å². The van der Waals surface area contributed by atoms with Crippen molar-refractivity contribution in [3.63, 3.8) is 0 Å². The van der Waals surface area contributed by atoms with Crippen LogP contribution in [0, 0.1) is 12.7 Å². The predicted octanol–water partition coefficient (Wildman–Crippen LogP) is 4.35. The Bertz CT molecular complexity index is 967. The highest BCUT2D eigenvalue weighted by atomic mass is 19.1. The quantitative estimate of drug-likeness (QED) is 0.592. The Morgan fingerprint density at radius 3 is 2.64 bits per heavy atom. The minimum absolute atomic E-state index is 0.0939. The zero-order chi connectivity index (χ0) is 19.9. The van der Waals surface area contributed by atoms with Gasteiger partial charge in [0.1, 0.15) is 0 Å². The lowest BCUT2D eigenvalue weighted by atomic mass is 10.1. The molecule has 1 N–H and O–H groups in total. The second-order valence-corrected chi connectivity index (χ2v) is 6.24. The Morgan fingerprint density at radius 1 is 1.21 bits per heavy atom. The van der Waals surface area contributed by atoms with E-state index in [4.69, 9.17) is 4.74 Å². The number of hydrogen-bond acceptors (Lipinski definition) is 3. The van der Waals surface area contributed by atoms with Gasteiger partial charge in [0.25, 0.3) is 0 Å². The number of nitrogens with zero attached hydrogens (tertiary/aromatic N) is 2. The van der Waals surface area contributed by atoms with Crippen molar-refractivity contribution in [2.45, 2.75) is 19.8 Å². The molecule has 5 nitrogen and oxygen atoms in total. The predicted molar refractivity (Wildman–Crippen MR) is 106 cm³/mol. The van der Waals surface area contributed by atoms with E-state index < -0.39 is 5.82 Å². The molecule has 0 atom stereocenters. The third kappa shape index (κ3) is 4.46. The summed E-state index contributed by atoms with van der Waals surface area (Å²) in [6, 6.07) is 15.7. The molecule has 0 saturated carbocycles. The maximum absolute atomic E-state index is 14.2. The fourth-order valence-corrected chi connectivity index (χ4v) is 2.82. The standard InChI is InChI=1S/C22H22FN3O2/c1-3-15-24-21(27)14-13-18-16(2)25-26(17-9-5-4-6-10-17)22(18)28-20-12-8-7-11-19(20)23/h3-12H,1,13-15H2,2H3,(H,24,27). The molecular weight excluding hydrogens is 357 g/mol. The summed E-state index contributed by atoms with van der Waals surface area (Å²) in [4.78, 5) is 12.0. The number of nitrogens with one attached hydrogen (secondary N) is 1. The fourth-order valence-electron chi connectivity index (χ4n) is 2.82. The fraction of sp³-hybridized carbons (Fsp3) is 0.182. The summed E-state index contributed by atoms with van der Waals surface area (Å²) < 4.78 is 21.7. The van der Waals surface area contributed by atoms with Crippen LogP contribution in [0.2, 0.25) is 0 Å². The molecule has 1 heterocycles. The third-order valence-electron chi connectivity index (χ3n) is 4.23. The molecule has 0 saturated heterocycles. The van der Waals surface area contributed by atoms with Gasteiger partial charge < -0.3 is 10.1 Å². The lowest BCUT2D eigenvalue weighted by Crippen LogP contribution is -2.23. The van der Waals surface area contributed by atoms with Crippen LogP contribution in [-0.4, -0.2) is 22.2 Å². The van der Waals surface area contributed by atoms with Gasteiger partial charge in [-0.15, -0.1) is 6.58 Å². The summed E-state index contributed by atoms with van der Waals surface area (Å²) in [7, 11) is 0. The van der Waals surface area contributed by atoms with E-state index in [9.17, 15) is 9.18 Å². The Morgan fingerprint density at radius 2 is 1.93 bits per heavy atom. The SMILES string of the molecule is C=CCNC(=O)CCc1c(C)nn(-c2ccccc2)c1Oc1ccccc1F. The van der Waals surface area contributed by atoms with Crippen LogP contribution in [0.1, 0.15) is 17.7 Å². The summed E-state index contributed by atoms with van der Waals surface area (Å²) in [6.45, 7) is 5.86. The number of rotatable bonds is 8. The number of carbonyl (C=O) groups is 1. The van der Waals surface area contributed by atoms with E-state index in [1.54, 1.807) is 29.0 Å². The van der Waals surface area contributed by atoms with Crippen LogP contribution in [0.4, 0.5) is 4.39 Å². The molecule has 0 aliphatic rings. The molecule has 0 unspecified atom stereocenters. The minimum Gasteiger partial charge on any atom is -0.436 e. The van der Waals surface area contributed by atoms with E-state index in [0.29, 0.717) is 18.8 Å². The molecule has 3 rings (SSSR count). The molecule has 3 aromatic rings. The van der Waals surface area contributed by atoms with E-state index in [1.165, 1.54) is 6.07 Å². The number of amides is 1. The molecule has 0 spiro atoms. The zero-order valence-electron chi connectivity index (χ0n) is 15.7. The molecule has 6 heteroatoms. The number of ether oxygens (including phenoxy) is 1. The number of halogens is 1. The van der Waals surface area contributed by atoms with Crippen molar-refractivity contribution in [1.29, 1.82) is 0 Å². The molecule has 1 amide bonds. The second kappa shape index (κ2) is 8.99. The first-order valence-electron chi connectivity index (χ1n) is 9.04. The molecular formula is C22H22FN3O2. The topological polar surface area (TPSA) is 56.2 Å². The van der Waals surface area contributed by atoms with Crippen molar-refractivity contribution in [2.75, 3.05) is 6.54 Å². The Kier molecular flexibility index (Phi) is 6.22.